The third kappa shape index (κ3) is 5.02. The van der Waals surface area contributed by atoms with Gasteiger partial charge in [0.25, 0.3) is 0 Å². The van der Waals surface area contributed by atoms with E-state index in [1.807, 2.05) is 31.2 Å². The number of aryl methyl sites for hydroxylation is 1. The lowest BCUT2D eigenvalue weighted by molar-refractivity contribution is -0.121. The van der Waals surface area contributed by atoms with E-state index in [0.29, 0.717) is 6.54 Å². The van der Waals surface area contributed by atoms with Crippen LogP contribution in [0.5, 0.6) is 0 Å². The summed E-state index contributed by atoms with van der Waals surface area (Å²) in [7, 11) is -6.91. The number of nitrogens with zero attached hydrogens (tertiary/aromatic N) is 1. The lowest BCUT2D eigenvalue weighted by Crippen LogP contribution is -2.46. The van der Waals surface area contributed by atoms with Crippen LogP contribution in [0.15, 0.2) is 24.3 Å². The predicted molar refractivity (Wildman–Crippen MR) is 91.6 cm³/mol. The fourth-order valence-electron chi connectivity index (χ4n) is 2.72. The highest BCUT2D eigenvalue weighted by molar-refractivity contribution is 7.92. The summed E-state index contributed by atoms with van der Waals surface area (Å²) in [4.78, 5) is 12.1. The Hall–Kier alpha value is -1.45. The van der Waals surface area contributed by atoms with Crippen molar-refractivity contribution in [2.75, 3.05) is 24.3 Å². The van der Waals surface area contributed by atoms with Gasteiger partial charge in [-0.15, -0.1) is 0 Å². The summed E-state index contributed by atoms with van der Waals surface area (Å²) in [6.45, 7) is 1.85. The molecule has 9 heteroatoms. The molecular weight excluding hydrogens is 352 g/mol. The van der Waals surface area contributed by atoms with E-state index in [2.05, 4.69) is 5.32 Å². The summed E-state index contributed by atoms with van der Waals surface area (Å²) in [6, 6.07) is 6.89. The first-order chi connectivity index (χ1) is 11.1. The van der Waals surface area contributed by atoms with Gasteiger partial charge in [0.15, 0.2) is 9.84 Å². The number of nitrogens with one attached hydrogen (secondary N) is 1. The Morgan fingerprint density at radius 2 is 2.00 bits per heavy atom. The summed E-state index contributed by atoms with van der Waals surface area (Å²) < 4.78 is 48.0. The smallest absolute Gasteiger partial charge is 0.235 e. The van der Waals surface area contributed by atoms with E-state index in [-0.39, 0.29) is 24.5 Å². The molecule has 7 nitrogen and oxygen atoms in total. The highest BCUT2D eigenvalue weighted by Crippen LogP contribution is 2.20. The molecule has 1 amide bonds. The van der Waals surface area contributed by atoms with Crippen molar-refractivity contribution >= 4 is 25.8 Å². The minimum absolute atomic E-state index is 0.0471. The zero-order chi connectivity index (χ0) is 18.0. The summed E-state index contributed by atoms with van der Waals surface area (Å²) in [5, 5.41) is 2.69. The van der Waals surface area contributed by atoms with Crippen LogP contribution in [0.2, 0.25) is 0 Å². The Bertz CT molecular complexity index is 818. The molecule has 1 N–H and O–H groups in total. The third-order valence-electron chi connectivity index (χ3n) is 4.08. The fraction of sp³-hybridized carbons (Fsp3) is 0.533. The molecule has 0 radical (unpaired) electrons. The molecule has 1 saturated heterocycles. The van der Waals surface area contributed by atoms with Gasteiger partial charge in [0.05, 0.1) is 24.3 Å². The van der Waals surface area contributed by atoms with Crippen LogP contribution in [0.25, 0.3) is 0 Å². The zero-order valence-electron chi connectivity index (χ0n) is 13.7. The van der Waals surface area contributed by atoms with E-state index in [1.54, 1.807) is 0 Å². The average molecular weight is 374 g/mol. The van der Waals surface area contributed by atoms with E-state index in [0.717, 1.165) is 21.7 Å². The molecule has 1 aliphatic heterocycles. The number of carbonyl (C=O) groups is 1. The van der Waals surface area contributed by atoms with Crippen molar-refractivity contribution in [3.63, 3.8) is 0 Å². The van der Waals surface area contributed by atoms with Gasteiger partial charge in [-0.2, -0.15) is 4.31 Å². The standard InChI is InChI=1S/C15H22N2O5S2/c1-12-5-3-4-6-13(12)9-16-15(18)10-17(23(2,19)20)14-7-8-24(21,22)11-14/h3-6,14H,7-11H2,1-2H3,(H,16,18). The second-order valence-corrected chi connectivity index (χ2v) is 10.2. The van der Waals surface area contributed by atoms with Gasteiger partial charge in [-0.25, -0.2) is 16.8 Å². The summed E-state index contributed by atoms with van der Waals surface area (Å²) in [6.07, 6.45) is 1.22. The van der Waals surface area contributed by atoms with E-state index in [4.69, 9.17) is 0 Å². The van der Waals surface area contributed by atoms with Crippen LogP contribution >= 0.6 is 0 Å². The van der Waals surface area contributed by atoms with Crippen molar-refractivity contribution in [3.05, 3.63) is 35.4 Å². The second-order valence-electron chi connectivity index (χ2n) is 6.07. The molecule has 1 aromatic rings. The molecule has 24 heavy (non-hydrogen) atoms. The number of rotatable bonds is 6. The summed E-state index contributed by atoms with van der Waals surface area (Å²) >= 11 is 0. The Balaban J connectivity index is 2.02. The van der Waals surface area contributed by atoms with Crippen LogP contribution in [-0.2, 0) is 31.2 Å². The van der Waals surface area contributed by atoms with Crippen LogP contribution < -0.4 is 5.32 Å². The number of amides is 1. The van der Waals surface area contributed by atoms with Gasteiger partial charge >= 0.3 is 0 Å². The molecule has 0 aromatic heterocycles. The van der Waals surface area contributed by atoms with Crippen molar-refractivity contribution in [3.8, 4) is 0 Å². The third-order valence-corrected chi connectivity index (χ3v) is 7.11. The normalized spacial score (nSPS) is 20.2. The van der Waals surface area contributed by atoms with Gasteiger partial charge in [-0.05, 0) is 24.5 Å². The number of sulfone groups is 1. The van der Waals surface area contributed by atoms with Crippen LogP contribution in [0.4, 0.5) is 0 Å². The fourth-order valence-corrected chi connectivity index (χ4v) is 5.62. The molecule has 1 fully saturated rings. The van der Waals surface area contributed by atoms with Crippen LogP contribution in [0.1, 0.15) is 17.5 Å². The molecule has 1 aromatic carbocycles. The SMILES string of the molecule is Cc1ccccc1CNC(=O)CN(C1CCS(=O)(=O)C1)S(C)(=O)=O. The van der Waals surface area contributed by atoms with Crippen LogP contribution in [0, 0.1) is 6.92 Å². The monoisotopic (exact) mass is 374 g/mol. The van der Waals surface area contributed by atoms with Crippen molar-refractivity contribution in [2.24, 2.45) is 0 Å². The number of sulfonamides is 1. The maximum atomic E-state index is 12.1. The minimum atomic E-state index is -3.68. The maximum absolute atomic E-state index is 12.1. The Kier molecular flexibility index (Phi) is 5.67. The maximum Gasteiger partial charge on any atom is 0.235 e. The molecule has 1 heterocycles. The molecule has 1 atom stereocenters. The molecule has 0 bridgehead atoms. The molecule has 0 spiro atoms. The Morgan fingerprint density at radius 3 is 2.54 bits per heavy atom. The minimum Gasteiger partial charge on any atom is -0.351 e. The number of benzene rings is 1. The van der Waals surface area contributed by atoms with E-state index < -0.39 is 31.8 Å². The lowest BCUT2D eigenvalue weighted by atomic mass is 10.1. The van der Waals surface area contributed by atoms with E-state index >= 15 is 0 Å². The van der Waals surface area contributed by atoms with Crippen molar-refractivity contribution in [1.29, 1.82) is 0 Å². The van der Waals surface area contributed by atoms with Crippen LogP contribution in [-0.4, -0.2) is 57.4 Å². The average Bonchev–Trinajstić information content (AvgIpc) is 2.82. The molecule has 1 aliphatic rings. The van der Waals surface area contributed by atoms with E-state index in [1.165, 1.54) is 0 Å². The summed E-state index contributed by atoms with van der Waals surface area (Å²) in [5.41, 5.74) is 1.97. The van der Waals surface area contributed by atoms with Gasteiger partial charge in [-0.1, -0.05) is 24.3 Å². The first-order valence-corrected chi connectivity index (χ1v) is 11.2. The first-order valence-electron chi connectivity index (χ1n) is 7.57. The van der Waals surface area contributed by atoms with Crippen molar-refractivity contribution < 1.29 is 21.6 Å². The molecule has 0 saturated carbocycles. The highest BCUT2D eigenvalue weighted by Gasteiger charge is 2.37. The van der Waals surface area contributed by atoms with Gasteiger partial charge in [0.2, 0.25) is 15.9 Å². The van der Waals surface area contributed by atoms with Gasteiger partial charge < -0.3 is 5.32 Å². The number of hydrogen-bond donors (Lipinski definition) is 1. The molecule has 1 unspecified atom stereocenters. The van der Waals surface area contributed by atoms with Crippen LogP contribution in [0.3, 0.4) is 0 Å². The second kappa shape index (κ2) is 7.20. The Labute approximate surface area is 143 Å². The molecule has 0 aliphatic carbocycles. The van der Waals surface area contributed by atoms with Crippen molar-refractivity contribution in [2.45, 2.75) is 25.9 Å². The predicted octanol–water partition coefficient (Wildman–Crippen LogP) is 0.0599. The van der Waals surface area contributed by atoms with E-state index in [9.17, 15) is 21.6 Å². The van der Waals surface area contributed by atoms with Gasteiger partial charge in [-0.3, -0.25) is 4.79 Å². The first kappa shape index (κ1) is 18.9. The van der Waals surface area contributed by atoms with Crippen molar-refractivity contribution in [1.82, 2.24) is 9.62 Å². The number of hydrogen-bond acceptors (Lipinski definition) is 5. The largest absolute Gasteiger partial charge is 0.351 e. The topological polar surface area (TPSA) is 101 Å². The molecule has 2 rings (SSSR count). The number of carbonyl (C=O) groups excluding carboxylic acids is 1. The quantitative estimate of drug-likeness (QED) is 0.759. The molecule has 134 valence electrons. The lowest BCUT2D eigenvalue weighted by Gasteiger charge is -2.25. The zero-order valence-corrected chi connectivity index (χ0v) is 15.4. The summed E-state index contributed by atoms with van der Waals surface area (Å²) in [5.74, 6) is -0.729. The van der Waals surface area contributed by atoms with Gasteiger partial charge in [0.1, 0.15) is 0 Å². The highest BCUT2D eigenvalue weighted by atomic mass is 32.2. The van der Waals surface area contributed by atoms with Gasteiger partial charge in [0, 0.05) is 12.6 Å². The molecular formula is C15H22N2O5S2. The Morgan fingerprint density at radius 1 is 1.33 bits per heavy atom.